The minimum Gasteiger partial charge on any atom is -0.450 e. The molecule has 1 aliphatic rings. The SMILES string of the molecule is CC1CCC(CCc2ccc([B]O)cc2)CC1. The number of benzene rings is 1. The largest absolute Gasteiger partial charge is 0.450 e. The van der Waals surface area contributed by atoms with E-state index in [1.807, 2.05) is 12.1 Å². The van der Waals surface area contributed by atoms with Crippen molar-refractivity contribution in [2.75, 3.05) is 0 Å². The van der Waals surface area contributed by atoms with Crippen molar-refractivity contribution in [3.63, 3.8) is 0 Å². The molecule has 0 heterocycles. The lowest BCUT2D eigenvalue weighted by Gasteiger charge is -2.26. The van der Waals surface area contributed by atoms with Gasteiger partial charge < -0.3 is 5.02 Å². The van der Waals surface area contributed by atoms with Crippen LogP contribution in [0.25, 0.3) is 0 Å². The monoisotopic (exact) mass is 229 g/mol. The second-order valence-electron chi connectivity index (χ2n) is 5.54. The molecule has 91 valence electrons. The lowest BCUT2D eigenvalue weighted by Crippen LogP contribution is -2.14. The van der Waals surface area contributed by atoms with Crippen LogP contribution in [-0.2, 0) is 6.42 Å². The Morgan fingerprint density at radius 3 is 2.35 bits per heavy atom. The van der Waals surface area contributed by atoms with E-state index >= 15 is 0 Å². The van der Waals surface area contributed by atoms with E-state index in [1.165, 1.54) is 44.1 Å². The second-order valence-corrected chi connectivity index (χ2v) is 5.54. The highest BCUT2D eigenvalue weighted by atomic mass is 16.2. The van der Waals surface area contributed by atoms with Gasteiger partial charge in [-0.15, -0.1) is 0 Å². The van der Waals surface area contributed by atoms with E-state index in [0.29, 0.717) is 0 Å². The molecule has 0 saturated heterocycles. The third kappa shape index (κ3) is 3.88. The molecule has 0 spiro atoms. The van der Waals surface area contributed by atoms with Gasteiger partial charge >= 0.3 is 7.48 Å². The van der Waals surface area contributed by atoms with E-state index in [9.17, 15) is 0 Å². The van der Waals surface area contributed by atoms with Crippen LogP contribution in [0.4, 0.5) is 0 Å². The summed E-state index contributed by atoms with van der Waals surface area (Å²) in [5, 5.41) is 8.86. The molecule has 0 aromatic heterocycles. The number of rotatable bonds is 4. The molecular formula is C15H22BO. The summed E-state index contributed by atoms with van der Waals surface area (Å²) in [6, 6.07) is 8.23. The maximum atomic E-state index is 8.86. The minimum atomic E-state index is 0.889. The molecule has 0 bridgehead atoms. The predicted molar refractivity (Wildman–Crippen MR) is 73.5 cm³/mol. The molecule has 2 rings (SSSR count). The Morgan fingerprint density at radius 1 is 1.12 bits per heavy atom. The van der Waals surface area contributed by atoms with Crippen LogP contribution >= 0.6 is 0 Å². The van der Waals surface area contributed by atoms with E-state index in [2.05, 4.69) is 19.1 Å². The van der Waals surface area contributed by atoms with Crippen molar-refractivity contribution in [2.24, 2.45) is 11.8 Å². The van der Waals surface area contributed by atoms with Crippen molar-refractivity contribution in [2.45, 2.75) is 45.4 Å². The lowest BCUT2D eigenvalue weighted by atomic mass is 9.80. The minimum absolute atomic E-state index is 0.889. The highest BCUT2D eigenvalue weighted by Crippen LogP contribution is 2.31. The van der Waals surface area contributed by atoms with Crippen molar-refractivity contribution in [3.8, 4) is 0 Å². The van der Waals surface area contributed by atoms with Crippen LogP contribution in [0.5, 0.6) is 0 Å². The van der Waals surface area contributed by atoms with E-state index in [-0.39, 0.29) is 0 Å². The fourth-order valence-corrected chi connectivity index (χ4v) is 2.76. The van der Waals surface area contributed by atoms with Gasteiger partial charge in [-0.1, -0.05) is 62.3 Å². The molecule has 0 amide bonds. The maximum absolute atomic E-state index is 8.86. The third-order valence-electron chi connectivity index (χ3n) is 4.11. The van der Waals surface area contributed by atoms with Gasteiger partial charge in [-0.3, -0.25) is 0 Å². The van der Waals surface area contributed by atoms with Gasteiger partial charge in [0.15, 0.2) is 0 Å². The number of hydrogen-bond acceptors (Lipinski definition) is 1. The van der Waals surface area contributed by atoms with Crippen molar-refractivity contribution in [3.05, 3.63) is 29.8 Å². The first kappa shape index (κ1) is 12.7. The molecule has 2 heteroatoms. The van der Waals surface area contributed by atoms with Gasteiger partial charge in [0.25, 0.3) is 0 Å². The van der Waals surface area contributed by atoms with Gasteiger partial charge in [0.1, 0.15) is 0 Å². The van der Waals surface area contributed by atoms with Crippen molar-refractivity contribution in [1.82, 2.24) is 0 Å². The van der Waals surface area contributed by atoms with Crippen molar-refractivity contribution in [1.29, 1.82) is 0 Å². The molecular weight excluding hydrogens is 207 g/mol. The summed E-state index contributed by atoms with van der Waals surface area (Å²) in [7, 11) is 1.16. The summed E-state index contributed by atoms with van der Waals surface area (Å²) in [4.78, 5) is 0. The highest BCUT2D eigenvalue weighted by molar-refractivity contribution is 6.45. The topological polar surface area (TPSA) is 20.2 Å². The van der Waals surface area contributed by atoms with Crippen LogP contribution < -0.4 is 5.46 Å². The van der Waals surface area contributed by atoms with Gasteiger partial charge in [0.05, 0.1) is 0 Å². The average Bonchev–Trinajstić information content (AvgIpc) is 2.39. The molecule has 1 aliphatic carbocycles. The molecule has 0 aliphatic heterocycles. The molecule has 17 heavy (non-hydrogen) atoms. The Balaban J connectivity index is 1.77. The third-order valence-corrected chi connectivity index (χ3v) is 4.11. The molecule has 1 aromatic carbocycles. The Morgan fingerprint density at radius 2 is 1.76 bits per heavy atom. The number of hydrogen-bond donors (Lipinski definition) is 1. The molecule has 1 N–H and O–H groups in total. The summed E-state index contributed by atoms with van der Waals surface area (Å²) in [5.41, 5.74) is 2.29. The Kier molecular flexibility index (Phi) is 4.67. The van der Waals surface area contributed by atoms with Gasteiger partial charge in [-0.2, -0.15) is 0 Å². The van der Waals surface area contributed by atoms with Gasteiger partial charge in [-0.25, -0.2) is 0 Å². The predicted octanol–water partition coefficient (Wildman–Crippen LogP) is 2.68. The van der Waals surface area contributed by atoms with Crippen LogP contribution in [0.2, 0.25) is 0 Å². The Labute approximate surface area is 106 Å². The van der Waals surface area contributed by atoms with Crippen LogP contribution in [0.3, 0.4) is 0 Å². The number of aryl methyl sites for hydroxylation is 1. The molecule has 1 radical (unpaired) electrons. The second kappa shape index (κ2) is 6.25. The van der Waals surface area contributed by atoms with E-state index in [4.69, 9.17) is 5.02 Å². The van der Waals surface area contributed by atoms with E-state index < -0.39 is 0 Å². The van der Waals surface area contributed by atoms with Crippen LogP contribution in [0, 0.1) is 11.8 Å². The average molecular weight is 229 g/mol. The van der Waals surface area contributed by atoms with E-state index in [1.54, 1.807) is 0 Å². The molecule has 1 fully saturated rings. The molecule has 1 saturated carbocycles. The maximum Gasteiger partial charge on any atom is 0.326 e. The Bertz CT molecular complexity index is 325. The van der Waals surface area contributed by atoms with Gasteiger partial charge in [-0.05, 0) is 30.2 Å². The van der Waals surface area contributed by atoms with Gasteiger partial charge in [0, 0.05) is 0 Å². The summed E-state index contributed by atoms with van der Waals surface area (Å²) < 4.78 is 0. The smallest absolute Gasteiger partial charge is 0.326 e. The zero-order chi connectivity index (χ0) is 12.1. The molecule has 1 aromatic rings. The molecule has 1 nitrogen and oxygen atoms in total. The first-order valence-electron chi connectivity index (χ1n) is 6.84. The summed E-state index contributed by atoms with van der Waals surface area (Å²) in [6.07, 6.45) is 8.19. The molecule has 0 unspecified atom stereocenters. The van der Waals surface area contributed by atoms with Crippen LogP contribution in [0.1, 0.15) is 44.6 Å². The van der Waals surface area contributed by atoms with Crippen LogP contribution in [0.15, 0.2) is 24.3 Å². The zero-order valence-electron chi connectivity index (χ0n) is 10.7. The summed E-state index contributed by atoms with van der Waals surface area (Å²) in [6.45, 7) is 2.38. The zero-order valence-corrected chi connectivity index (χ0v) is 10.7. The van der Waals surface area contributed by atoms with Crippen molar-refractivity contribution >= 4 is 12.9 Å². The van der Waals surface area contributed by atoms with Gasteiger partial charge in [0.2, 0.25) is 0 Å². The summed E-state index contributed by atoms with van der Waals surface area (Å²) in [5.74, 6) is 1.89. The first-order chi connectivity index (χ1) is 8.28. The highest BCUT2D eigenvalue weighted by Gasteiger charge is 2.17. The summed E-state index contributed by atoms with van der Waals surface area (Å²) >= 11 is 0. The fraction of sp³-hybridized carbons (Fsp3) is 0.600. The molecule has 0 atom stereocenters. The van der Waals surface area contributed by atoms with E-state index in [0.717, 1.165) is 24.8 Å². The Hall–Kier alpha value is -0.755. The quantitative estimate of drug-likeness (QED) is 0.787. The first-order valence-corrected chi connectivity index (χ1v) is 6.84. The normalized spacial score (nSPS) is 24.6. The van der Waals surface area contributed by atoms with Crippen molar-refractivity contribution < 1.29 is 5.02 Å². The lowest BCUT2D eigenvalue weighted by molar-refractivity contribution is 0.278. The van der Waals surface area contributed by atoms with Crippen LogP contribution in [-0.4, -0.2) is 12.5 Å². The fourth-order valence-electron chi connectivity index (χ4n) is 2.76. The standard InChI is InChI=1S/C15H22BO/c1-12-2-4-13(5-3-12)6-7-14-8-10-15(16-17)11-9-14/h8-13,17H,2-7H2,1H3.